The highest BCUT2D eigenvalue weighted by Gasteiger charge is 2.37. The van der Waals surface area contributed by atoms with Crippen LogP contribution in [0, 0.1) is 23.7 Å². The molecule has 2 aliphatic heterocycles. The van der Waals surface area contributed by atoms with Crippen LogP contribution in [0.3, 0.4) is 0 Å². The monoisotopic (exact) mass is 407 g/mol. The van der Waals surface area contributed by atoms with Crippen molar-refractivity contribution in [3.05, 3.63) is 0 Å². The van der Waals surface area contributed by atoms with Crippen LogP contribution >= 0.6 is 0 Å². The van der Waals surface area contributed by atoms with E-state index in [1.165, 1.54) is 67.2 Å². The second-order valence-corrected chi connectivity index (χ2v) is 9.72. The summed E-state index contributed by atoms with van der Waals surface area (Å²) in [7, 11) is 9.48. The first-order valence-corrected chi connectivity index (χ1v) is 10.3. The summed E-state index contributed by atoms with van der Waals surface area (Å²) in [6.07, 6.45) is 6.98. The highest BCUT2D eigenvalue weighted by atomic mass is 15.3. The maximum Gasteiger partial charge on any atom is 0.0815 e. The highest BCUT2D eigenvalue weighted by Crippen LogP contribution is 2.31. The number of piperidine rings is 1. The van der Waals surface area contributed by atoms with Crippen LogP contribution in [0.2, 0.25) is 0 Å². The van der Waals surface area contributed by atoms with Gasteiger partial charge in [0.1, 0.15) is 0 Å². The number of likely N-dealkylation sites (tertiary alicyclic amines) is 2. The number of nitrogens with zero attached hydrogens (tertiary/aromatic N) is 2. The number of quaternary nitrogens is 2. The lowest BCUT2D eigenvalue weighted by molar-refractivity contribution is -0.902. The number of hydrogen-bond donors (Lipinski definition) is 0. The molecular weight excluding hydrogens is 340 g/mol. The molecule has 0 saturated carbocycles. The minimum Gasteiger partial charge on any atom is -0.328 e. The molecule has 178 valence electrons. The molecule has 0 aromatic heterocycles. The van der Waals surface area contributed by atoms with Crippen molar-refractivity contribution in [1.29, 1.82) is 0 Å². The molecule has 0 aliphatic carbocycles. The van der Waals surface area contributed by atoms with Crippen LogP contribution in [0.4, 0.5) is 0 Å². The zero-order valence-corrected chi connectivity index (χ0v) is 17.6. The molecule has 0 aromatic rings. The third-order valence-electron chi connectivity index (χ3n) is 6.50. The van der Waals surface area contributed by atoms with Crippen molar-refractivity contribution in [1.82, 2.24) is 0 Å². The summed E-state index contributed by atoms with van der Waals surface area (Å²) >= 11 is 0. The van der Waals surface area contributed by atoms with Gasteiger partial charge in [-0.15, -0.1) is 0 Å². The van der Waals surface area contributed by atoms with Gasteiger partial charge in [0.05, 0.1) is 54.4 Å². The van der Waals surface area contributed by atoms with Crippen LogP contribution in [-0.4, -0.2) is 63.3 Å². The van der Waals surface area contributed by atoms with E-state index in [-0.39, 0.29) is 37.1 Å². The Morgan fingerprint density at radius 1 is 0.500 bits per heavy atom. The Kier molecular flexibility index (Phi) is 23.0. The van der Waals surface area contributed by atoms with Crippen LogP contribution in [0.5, 0.6) is 0 Å². The van der Waals surface area contributed by atoms with E-state index in [9.17, 15) is 0 Å². The van der Waals surface area contributed by atoms with E-state index in [1.54, 1.807) is 0 Å². The Balaban J connectivity index is -0.000000107. The Morgan fingerprint density at radius 3 is 1.04 bits per heavy atom. The van der Waals surface area contributed by atoms with E-state index in [1.807, 2.05) is 0 Å². The van der Waals surface area contributed by atoms with Crippen molar-refractivity contribution < 1.29 is 8.97 Å². The zero-order chi connectivity index (χ0) is 17.7. The summed E-state index contributed by atoms with van der Waals surface area (Å²) in [4.78, 5) is 0. The summed E-state index contributed by atoms with van der Waals surface area (Å²) in [5.74, 6) is 3.96. The first kappa shape index (κ1) is 38.5. The second-order valence-electron chi connectivity index (χ2n) is 9.72. The molecule has 2 heterocycles. The molecule has 2 saturated heterocycles. The highest BCUT2D eigenvalue weighted by molar-refractivity contribution is 4.73. The van der Waals surface area contributed by atoms with E-state index in [4.69, 9.17) is 0 Å². The summed E-state index contributed by atoms with van der Waals surface area (Å²) in [5.41, 5.74) is 0. The average Bonchev–Trinajstić information content (AvgIpc) is 2.80. The van der Waals surface area contributed by atoms with Crippen LogP contribution in [-0.2, 0) is 0 Å². The van der Waals surface area contributed by atoms with Gasteiger partial charge in [0.15, 0.2) is 0 Å². The normalized spacial score (nSPS) is 29.1. The minimum absolute atomic E-state index is 0. The predicted molar refractivity (Wildman–Crippen MR) is 137 cm³/mol. The lowest BCUT2D eigenvalue weighted by Crippen LogP contribution is -2.50. The van der Waals surface area contributed by atoms with E-state index < -0.39 is 0 Å². The van der Waals surface area contributed by atoms with E-state index in [2.05, 4.69) is 55.9 Å². The fourth-order valence-corrected chi connectivity index (χ4v) is 5.25. The fourth-order valence-electron chi connectivity index (χ4n) is 5.25. The first-order chi connectivity index (χ1) is 10.7. The van der Waals surface area contributed by atoms with Crippen LogP contribution < -0.4 is 0 Å². The molecule has 2 rings (SSSR count). The second kappa shape index (κ2) is 16.7. The maximum absolute atomic E-state index is 2.38. The minimum atomic E-state index is 0. The largest absolute Gasteiger partial charge is 0.328 e. The molecule has 4 unspecified atom stereocenters. The van der Waals surface area contributed by atoms with Gasteiger partial charge in [-0.2, -0.15) is 0 Å². The van der Waals surface area contributed by atoms with Crippen LogP contribution in [0.25, 0.3) is 0 Å². The summed E-state index contributed by atoms with van der Waals surface area (Å²) in [5, 5.41) is 0. The molecule has 0 aromatic carbocycles. The third-order valence-corrected chi connectivity index (χ3v) is 6.50. The molecule has 0 bridgehead atoms. The lowest BCUT2D eigenvalue weighted by atomic mass is 9.85. The average molecular weight is 407 g/mol. The van der Waals surface area contributed by atoms with Crippen molar-refractivity contribution >= 4 is 0 Å². The smallest absolute Gasteiger partial charge is 0.0815 e. The molecule has 2 nitrogen and oxygen atoms in total. The van der Waals surface area contributed by atoms with E-state index >= 15 is 0 Å². The predicted octanol–water partition coefficient (Wildman–Crippen LogP) is 7.83. The van der Waals surface area contributed by atoms with Gasteiger partial charge in [0.2, 0.25) is 0 Å². The maximum atomic E-state index is 2.38. The summed E-state index contributed by atoms with van der Waals surface area (Å²) in [6.45, 7) is 14.9. The van der Waals surface area contributed by atoms with Gasteiger partial charge in [-0.3, -0.25) is 0 Å². The lowest BCUT2D eigenvalue weighted by Gasteiger charge is -2.41. The molecule has 28 heavy (non-hydrogen) atoms. The molecule has 0 N–H and O–H groups in total. The van der Waals surface area contributed by atoms with Crippen molar-refractivity contribution in [3.8, 4) is 0 Å². The SMILES string of the molecule is C.C.C.C.C.CCC1CC(CC)C[N+](C)(C)C1.CCC1C[N+](C)(C)CC1CC. The molecule has 4 atom stereocenters. The number of hydrogen-bond acceptors (Lipinski definition) is 0. The Morgan fingerprint density at radius 2 is 0.786 bits per heavy atom. The molecular formula is C26H66N2+2. The van der Waals surface area contributed by atoms with Crippen molar-refractivity contribution in [3.63, 3.8) is 0 Å². The zero-order valence-electron chi connectivity index (χ0n) is 17.6. The number of rotatable bonds is 4. The Bertz CT molecular complexity index is 307. The van der Waals surface area contributed by atoms with Crippen molar-refractivity contribution in [2.75, 3.05) is 54.4 Å². The van der Waals surface area contributed by atoms with Crippen molar-refractivity contribution in [2.45, 2.75) is 96.9 Å². The topological polar surface area (TPSA) is 0 Å². The van der Waals surface area contributed by atoms with Crippen LogP contribution in [0.15, 0.2) is 0 Å². The van der Waals surface area contributed by atoms with Gasteiger partial charge in [0.25, 0.3) is 0 Å². The molecule has 2 heteroatoms. The van der Waals surface area contributed by atoms with Gasteiger partial charge in [-0.25, -0.2) is 0 Å². The van der Waals surface area contributed by atoms with E-state index in [0.29, 0.717) is 0 Å². The van der Waals surface area contributed by atoms with Gasteiger partial charge in [0, 0.05) is 23.7 Å². The van der Waals surface area contributed by atoms with Gasteiger partial charge >= 0.3 is 0 Å². The van der Waals surface area contributed by atoms with Gasteiger partial charge in [-0.1, -0.05) is 64.8 Å². The van der Waals surface area contributed by atoms with Gasteiger partial charge in [-0.05, 0) is 32.1 Å². The summed E-state index contributed by atoms with van der Waals surface area (Å²) < 4.78 is 2.49. The molecule has 0 amide bonds. The van der Waals surface area contributed by atoms with Crippen LogP contribution in [0.1, 0.15) is 96.9 Å². The molecule has 0 radical (unpaired) electrons. The Hall–Kier alpha value is -0.0800. The molecule has 0 spiro atoms. The van der Waals surface area contributed by atoms with Gasteiger partial charge < -0.3 is 8.97 Å². The summed E-state index contributed by atoms with van der Waals surface area (Å²) in [6, 6.07) is 0. The quantitative estimate of drug-likeness (QED) is 0.417. The molecule has 2 fully saturated rings. The molecule has 2 aliphatic rings. The standard InChI is InChI=1S/C11H24N.C10H22N.5CH4/c1-5-10-7-11(6-2)9-12(3,4)8-10;1-5-9-7-11(3,4)8-10(9)6-2;;;;;/h10-11H,5-9H2,1-4H3;9-10H,5-8H2,1-4H3;5*1H4/q2*+1;;;;;. The van der Waals surface area contributed by atoms with E-state index in [0.717, 1.165) is 23.7 Å². The first-order valence-electron chi connectivity index (χ1n) is 10.3. The Labute approximate surface area is 184 Å². The third kappa shape index (κ3) is 12.5. The fraction of sp³-hybridized carbons (Fsp3) is 1.00. The van der Waals surface area contributed by atoms with Crippen molar-refractivity contribution in [2.24, 2.45) is 23.7 Å².